The van der Waals surface area contributed by atoms with Crippen LogP contribution in [0, 0.1) is 5.82 Å². The average Bonchev–Trinajstić information content (AvgIpc) is 3.40. The molecule has 6 nitrogen and oxygen atoms in total. The molecule has 2 aliphatic rings. The molecule has 2 atom stereocenters. The summed E-state index contributed by atoms with van der Waals surface area (Å²) in [7, 11) is 0. The second-order valence-electron chi connectivity index (χ2n) is 7.93. The van der Waals surface area contributed by atoms with E-state index in [0.717, 1.165) is 11.4 Å². The lowest BCUT2D eigenvalue weighted by molar-refractivity contribution is -0.117. The Bertz CT molecular complexity index is 1110. The first-order valence-corrected chi connectivity index (χ1v) is 10.4. The highest BCUT2D eigenvalue weighted by atomic mass is 19.1. The molecule has 0 bridgehead atoms. The molecule has 31 heavy (non-hydrogen) atoms. The van der Waals surface area contributed by atoms with Crippen LogP contribution in [0.3, 0.4) is 0 Å². The maximum absolute atomic E-state index is 14.7. The lowest BCUT2D eigenvalue weighted by Crippen LogP contribution is -2.50. The van der Waals surface area contributed by atoms with E-state index in [0.29, 0.717) is 25.2 Å². The molecule has 0 saturated carbocycles. The minimum Gasteiger partial charge on any atom is -0.348 e. The number of fused-ring (bicyclic) bond motifs is 1. The van der Waals surface area contributed by atoms with Gasteiger partial charge in [-0.15, -0.1) is 0 Å². The standard InChI is InChI=1S/C24H23FN4O2/c25-20-10-5-4-9-19(20)23-21-11-6-12-27(21)13-14-28(23)24(31)26-17-15-22(30)29(16-17)18-7-2-1-3-8-18/h1-12,17,23H,13-16H2,(H,26,31)/t17-,23+/m1/s1. The number of halogens is 1. The van der Waals surface area contributed by atoms with Gasteiger partial charge >= 0.3 is 6.03 Å². The number of urea groups is 1. The van der Waals surface area contributed by atoms with Gasteiger partial charge in [0.1, 0.15) is 11.9 Å². The Morgan fingerprint density at radius 1 is 0.968 bits per heavy atom. The Kier molecular flexibility index (Phi) is 4.94. The Hall–Kier alpha value is -3.61. The van der Waals surface area contributed by atoms with Crippen LogP contribution < -0.4 is 10.2 Å². The van der Waals surface area contributed by atoms with Crippen molar-refractivity contribution in [2.45, 2.75) is 25.0 Å². The minimum absolute atomic E-state index is 0.0188. The maximum atomic E-state index is 14.7. The Morgan fingerprint density at radius 3 is 2.55 bits per heavy atom. The van der Waals surface area contributed by atoms with Gasteiger partial charge in [-0.2, -0.15) is 0 Å². The number of nitrogens with one attached hydrogen (secondary N) is 1. The molecule has 2 aromatic carbocycles. The molecule has 0 unspecified atom stereocenters. The number of nitrogens with zero attached hydrogens (tertiary/aromatic N) is 3. The van der Waals surface area contributed by atoms with E-state index in [1.807, 2.05) is 48.7 Å². The molecule has 3 amide bonds. The third-order valence-electron chi connectivity index (χ3n) is 6.02. The third kappa shape index (κ3) is 3.56. The molecule has 7 heteroatoms. The van der Waals surface area contributed by atoms with Crippen molar-refractivity contribution in [3.05, 3.63) is 90.0 Å². The maximum Gasteiger partial charge on any atom is 0.318 e. The zero-order valence-electron chi connectivity index (χ0n) is 16.9. The van der Waals surface area contributed by atoms with Crippen LogP contribution in [0.4, 0.5) is 14.9 Å². The quantitative estimate of drug-likeness (QED) is 0.707. The first-order valence-electron chi connectivity index (χ1n) is 10.4. The van der Waals surface area contributed by atoms with E-state index in [1.165, 1.54) is 6.07 Å². The van der Waals surface area contributed by atoms with Gasteiger partial charge in [-0.1, -0.05) is 36.4 Å². The number of carbonyl (C=O) groups excluding carboxylic acids is 2. The molecule has 5 rings (SSSR count). The number of carbonyl (C=O) groups is 2. The summed E-state index contributed by atoms with van der Waals surface area (Å²) < 4.78 is 16.7. The van der Waals surface area contributed by atoms with Gasteiger partial charge in [0, 0.05) is 49.2 Å². The van der Waals surface area contributed by atoms with Crippen LogP contribution in [-0.2, 0) is 11.3 Å². The Morgan fingerprint density at radius 2 is 1.74 bits per heavy atom. The van der Waals surface area contributed by atoms with Crippen LogP contribution in [0.15, 0.2) is 72.9 Å². The zero-order chi connectivity index (χ0) is 21.4. The summed E-state index contributed by atoms with van der Waals surface area (Å²) in [4.78, 5) is 29.2. The smallest absolute Gasteiger partial charge is 0.318 e. The SMILES string of the molecule is O=C1C[C@@H](NC(=O)N2CCn3cccc3[C@@H]2c2ccccc2F)CN1c1ccccc1. The Labute approximate surface area is 179 Å². The fourth-order valence-corrected chi connectivity index (χ4v) is 4.55. The number of amides is 3. The van der Waals surface area contributed by atoms with E-state index in [2.05, 4.69) is 9.88 Å². The normalized spacial score (nSPS) is 20.6. The highest BCUT2D eigenvalue weighted by Crippen LogP contribution is 2.34. The van der Waals surface area contributed by atoms with Crippen molar-refractivity contribution in [2.24, 2.45) is 0 Å². The fraction of sp³-hybridized carbons (Fsp3) is 0.250. The molecule has 1 N–H and O–H groups in total. The molecule has 2 aliphatic heterocycles. The van der Waals surface area contributed by atoms with E-state index < -0.39 is 6.04 Å². The molecule has 3 heterocycles. The second-order valence-corrected chi connectivity index (χ2v) is 7.93. The molecule has 158 valence electrons. The molecule has 1 aromatic heterocycles. The lowest BCUT2D eigenvalue weighted by atomic mass is 9.99. The van der Waals surface area contributed by atoms with Gasteiger partial charge in [0.25, 0.3) is 0 Å². The molecule has 1 saturated heterocycles. The van der Waals surface area contributed by atoms with Gasteiger partial charge in [-0.25, -0.2) is 9.18 Å². The first-order chi connectivity index (χ1) is 15.1. The summed E-state index contributed by atoms with van der Waals surface area (Å²) in [5, 5.41) is 3.01. The summed E-state index contributed by atoms with van der Waals surface area (Å²) >= 11 is 0. The second kappa shape index (κ2) is 7.91. The fourth-order valence-electron chi connectivity index (χ4n) is 4.55. The number of benzene rings is 2. The van der Waals surface area contributed by atoms with Crippen molar-refractivity contribution < 1.29 is 14.0 Å². The monoisotopic (exact) mass is 418 g/mol. The summed E-state index contributed by atoms with van der Waals surface area (Å²) in [6.07, 6.45) is 2.20. The van der Waals surface area contributed by atoms with E-state index >= 15 is 0 Å². The van der Waals surface area contributed by atoms with Crippen LogP contribution in [0.2, 0.25) is 0 Å². The largest absolute Gasteiger partial charge is 0.348 e. The van der Waals surface area contributed by atoms with E-state index in [4.69, 9.17) is 0 Å². The van der Waals surface area contributed by atoms with Gasteiger partial charge in [-0.3, -0.25) is 4.79 Å². The first kappa shape index (κ1) is 19.4. The van der Waals surface area contributed by atoms with Crippen LogP contribution in [0.25, 0.3) is 0 Å². The van der Waals surface area contributed by atoms with Gasteiger partial charge in [0.05, 0.1) is 6.04 Å². The van der Waals surface area contributed by atoms with Gasteiger partial charge in [-0.05, 0) is 30.3 Å². The number of hydrogen-bond acceptors (Lipinski definition) is 2. The molecular weight excluding hydrogens is 395 g/mol. The average molecular weight is 418 g/mol. The Balaban J connectivity index is 1.37. The topological polar surface area (TPSA) is 57.6 Å². The van der Waals surface area contributed by atoms with Crippen LogP contribution >= 0.6 is 0 Å². The summed E-state index contributed by atoms with van der Waals surface area (Å²) in [6, 6.07) is 18.7. The van der Waals surface area contributed by atoms with E-state index in [9.17, 15) is 14.0 Å². The molecule has 3 aromatic rings. The molecule has 0 aliphatic carbocycles. The summed E-state index contributed by atoms with van der Waals surface area (Å²) in [6.45, 7) is 1.51. The number of para-hydroxylation sites is 1. The predicted octanol–water partition coefficient (Wildman–Crippen LogP) is 3.55. The van der Waals surface area contributed by atoms with Crippen molar-refractivity contribution in [1.82, 2.24) is 14.8 Å². The van der Waals surface area contributed by atoms with E-state index in [-0.39, 0.29) is 30.2 Å². The number of rotatable bonds is 3. The number of hydrogen-bond donors (Lipinski definition) is 1. The van der Waals surface area contributed by atoms with Crippen molar-refractivity contribution in [2.75, 3.05) is 18.0 Å². The predicted molar refractivity (Wildman–Crippen MR) is 115 cm³/mol. The highest BCUT2D eigenvalue weighted by Gasteiger charge is 2.37. The minimum atomic E-state index is -0.521. The van der Waals surface area contributed by atoms with Crippen molar-refractivity contribution in [3.63, 3.8) is 0 Å². The molecule has 1 fully saturated rings. The van der Waals surface area contributed by atoms with Gasteiger partial charge < -0.3 is 19.7 Å². The van der Waals surface area contributed by atoms with Crippen molar-refractivity contribution in [1.29, 1.82) is 0 Å². The van der Waals surface area contributed by atoms with Gasteiger partial charge in [0.15, 0.2) is 0 Å². The summed E-state index contributed by atoms with van der Waals surface area (Å²) in [5.74, 6) is -0.360. The third-order valence-corrected chi connectivity index (χ3v) is 6.02. The zero-order valence-corrected chi connectivity index (χ0v) is 16.9. The highest BCUT2D eigenvalue weighted by molar-refractivity contribution is 5.96. The van der Waals surface area contributed by atoms with Crippen molar-refractivity contribution in [3.8, 4) is 0 Å². The van der Waals surface area contributed by atoms with Crippen molar-refractivity contribution >= 4 is 17.6 Å². The number of aromatic nitrogens is 1. The molecule has 0 spiro atoms. The van der Waals surface area contributed by atoms with Crippen LogP contribution in [0.5, 0.6) is 0 Å². The van der Waals surface area contributed by atoms with E-state index in [1.54, 1.807) is 28.0 Å². The van der Waals surface area contributed by atoms with Gasteiger partial charge in [0.2, 0.25) is 5.91 Å². The number of anilines is 1. The van der Waals surface area contributed by atoms with Crippen LogP contribution in [0.1, 0.15) is 23.7 Å². The lowest BCUT2D eigenvalue weighted by Gasteiger charge is -2.38. The molecular formula is C24H23FN4O2. The molecule has 0 radical (unpaired) electrons. The summed E-state index contributed by atoms with van der Waals surface area (Å²) in [5.41, 5.74) is 2.16. The van der Waals surface area contributed by atoms with Crippen LogP contribution in [-0.4, -0.2) is 40.5 Å².